The summed E-state index contributed by atoms with van der Waals surface area (Å²) in [7, 11) is 2.05. The summed E-state index contributed by atoms with van der Waals surface area (Å²) in [5.41, 5.74) is 5.65. The number of rotatable bonds is 4. The quantitative estimate of drug-likeness (QED) is 0.883. The summed E-state index contributed by atoms with van der Waals surface area (Å²) in [4.78, 5) is 0. The van der Waals surface area contributed by atoms with Crippen molar-refractivity contribution in [2.45, 2.75) is 52.2 Å². The van der Waals surface area contributed by atoms with Crippen LogP contribution in [0.1, 0.15) is 35.1 Å². The fraction of sp³-hybridized carbons (Fsp3) is 0.625. The Hall–Kier alpha value is -0.860. The second-order valence-corrected chi connectivity index (χ2v) is 5.53. The van der Waals surface area contributed by atoms with Crippen molar-refractivity contribution >= 4 is 0 Å². The molecule has 2 rings (SSSR count). The first kappa shape index (κ1) is 13.6. The van der Waals surface area contributed by atoms with Crippen LogP contribution in [0.3, 0.4) is 0 Å². The molecule has 1 aromatic rings. The molecule has 1 heterocycles. The lowest BCUT2D eigenvalue weighted by Crippen LogP contribution is -2.39. The van der Waals surface area contributed by atoms with E-state index in [2.05, 4.69) is 38.2 Å². The van der Waals surface area contributed by atoms with Gasteiger partial charge in [0.25, 0.3) is 0 Å². The minimum Gasteiger partial charge on any atom is -0.377 e. The molecule has 2 atom stereocenters. The van der Waals surface area contributed by atoms with Crippen LogP contribution in [0.2, 0.25) is 0 Å². The third-order valence-corrected chi connectivity index (χ3v) is 4.05. The van der Waals surface area contributed by atoms with Gasteiger partial charge in [0.1, 0.15) is 0 Å². The molecule has 1 aliphatic heterocycles. The molecule has 1 aromatic carbocycles. The second kappa shape index (κ2) is 5.85. The van der Waals surface area contributed by atoms with Crippen molar-refractivity contribution in [2.24, 2.45) is 0 Å². The number of hydrogen-bond donors (Lipinski definition) is 1. The largest absolute Gasteiger partial charge is 0.377 e. The van der Waals surface area contributed by atoms with E-state index in [1.54, 1.807) is 0 Å². The van der Waals surface area contributed by atoms with Gasteiger partial charge in [-0.1, -0.05) is 17.7 Å². The minimum atomic E-state index is 0.384. The third-order valence-electron chi connectivity index (χ3n) is 4.05. The maximum atomic E-state index is 5.82. The Kier molecular flexibility index (Phi) is 4.41. The lowest BCUT2D eigenvalue weighted by Gasteiger charge is -2.24. The van der Waals surface area contributed by atoms with Crippen LogP contribution in [-0.2, 0) is 11.2 Å². The average molecular weight is 247 g/mol. The number of ether oxygens (including phenoxy) is 1. The predicted molar refractivity (Wildman–Crippen MR) is 76.2 cm³/mol. The average Bonchev–Trinajstić information content (AvgIpc) is 2.81. The number of aryl methyl sites for hydroxylation is 3. The van der Waals surface area contributed by atoms with Crippen molar-refractivity contribution in [1.29, 1.82) is 0 Å². The Labute approximate surface area is 111 Å². The van der Waals surface area contributed by atoms with Crippen molar-refractivity contribution in [2.75, 3.05) is 13.7 Å². The van der Waals surface area contributed by atoms with Gasteiger partial charge in [-0.3, -0.25) is 0 Å². The molecule has 0 aliphatic carbocycles. The molecule has 1 aliphatic rings. The van der Waals surface area contributed by atoms with Crippen LogP contribution in [0.15, 0.2) is 12.1 Å². The Morgan fingerprint density at radius 2 is 1.94 bits per heavy atom. The molecule has 1 N–H and O–H groups in total. The molecule has 100 valence electrons. The third kappa shape index (κ3) is 2.93. The first-order chi connectivity index (χ1) is 8.61. The first-order valence-corrected chi connectivity index (χ1v) is 6.97. The van der Waals surface area contributed by atoms with Gasteiger partial charge >= 0.3 is 0 Å². The number of likely N-dealkylation sites (N-methyl/N-ethyl adjacent to an activating group) is 1. The zero-order valence-electron chi connectivity index (χ0n) is 12.0. The standard InChI is InChI=1S/C16H25NO/c1-11-8-12(2)14(13(3)9-11)10-15(17-4)16-6-5-7-18-16/h8-9,15-17H,5-7,10H2,1-4H3. The van der Waals surface area contributed by atoms with E-state index in [1.807, 2.05) is 7.05 Å². The molecular weight excluding hydrogens is 222 g/mol. The Morgan fingerprint density at radius 1 is 1.28 bits per heavy atom. The fourth-order valence-corrected chi connectivity index (χ4v) is 3.09. The fourth-order valence-electron chi connectivity index (χ4n) is 3.09. The normalized spacial score (nSPS) is 21.2. The summed E-state index contributed by atoms with van der Waals surface area (Å²) in [5.74, 6) is 0. The molecule has 18 heavy (non-hydrogen) atoms. The zero-order valence-corrected chi connectivity index (χ0v) is 12.0. The van der Waals surface area contributed by atoms with Crippen molar-refractivity contribution < 1.29 is 4.74 Å². The zero-order chi connectivity index (χ0) is 13.1. The van der Waals surface area contributed by atoms with Crippen LogP contribution in [0.4, 0.5) is 0 Å². The molecule has 1 fully saturated rings. The molecule has 0 amide bonds. The van der Waals surface area contributed by atoms with E-state index in [-0.39, 0.29) is 0 Å². The summed E-state index contributed by atoms with van der Waals surface area (Å²) in [5, 5.41) is 3.44. The monoisotopic (exact) mass is 247 g/mol. The maximum Gasteiger partial charge on any atom is 0.0732 e. The number of benzene rings is 1. The van der Waals surface area contributed by atoms with Gasteiger partial charge in [0.2, 0.25) is 0 Å². The van der Waals surface area contributed by atoms with Gasteiger partial charge in [-0.15, -0.1) is 0 Å². The van der Waals surface area contributed by atoms with Crippen LogP contribution in [-0.4, -0.2) is 25.8 Å². The van der Waals surface area contributed by atoms with E-state index in [9.17, 15) is 0 Å². The summed E-state index contributed by atoms with van der Waals surface area (Å²) in [6, 6.07) is 5.00. The number of hydrogen-bond acceptors (Lipinski definition) is 2. The maximum absolute atomic E-state index is 5.82. The molecule has 2 unspecified atom stereocenters. The molecule has 2 nitrogen and oxygen atoms in total. The molecule has 1 saturated heterocycles. The highest BCUT2D eigenvalue weighted by Crippen LogP contribution is 2.23. The molecule has 0 bridgehead atoms. The van der Waals surface area contributed by atoms with E-state index in [1.165, 1.54) is 35.1 Å². The predicted octanol–water partition coefficient (Wildman–Crippen LogP) is 2.92. The van der Waals surface area contributed by atoms with E-state index < -0.39 is 0 Å². The highest BCUT2D eigenvalue weighted by molar-refractivity contribution is 5.38. The topological polar surface area (TPSA) is 21.3 Å². The summed E-state index contributed by atoms with van der Waals surface area (Å²) in [6.45, 7) is 7.53. The van der Waals surface area contributed by atoms with Gasteiger partial charge in [-0.25, -0.2) is 0 Å². The molecule has 0 radical (unpaired) electrons. The van der Waals surface area contributed by atoms with Crippen molar-refractivity contribution in [1.82, 2.24) is 5.32 Å². The lowest BCUT2D eigenvalue weighted by atomic mass is 9.92. The van der Waals surface area contributed by atoms with E-state index in [4.69, 9.17) is 4.74 Å². The Morgan fingerprint density at radius 3 is 2.44 bits per heavy atom. The van der Waals surface area contributed by atoms with Crippen LogP contribution in [0, 0.1) is 20.8 Å². The van der Waals surface area contributed by atoms with Crippen LogP contribution in [0.5, 0.6) is 0 Å². The van der Waals surface area contributed by atoms with Crippen LogP contribution < -0.4 is 5.32 Å². The summed E-state index contributed by atoms with van der Waals surface area (Å²) < 4.78 is 5.82. The van der Waals surface area contributed by atoms with Crippen molar-refractivity contribution in [3.8, 4) is 0 Å². The summed E-state index contributed by atoms with van der Waals surface area (Å²) in [6.07, 6.45) is 3.85. The van der Waals surface area contributed by atoms with Gasteiger partial charge in [0, 0.05) is 12.6 Å². The summed E-state index contributed by atoms with van der Waals surface area (Å²) >= 11 is 0. The van der Waals surface area contributed by atoms with Crippen molar-refractivity contribution in [3.63, 3.8) is 0 Å². The smallest absolute Gasteiger partial charge is 0.0732 e. The number of nitrogens with one attached hydrogen (secondary N) is 1. The van der Waals surface area contributed by atoms with Crippen molar-refractivity contribution in [3.05, 3.63) is 34.4 Å². The SMILES string of the molecule is CNC(Cc1c(C)cc(C)cc1C)C1CCCO1. The van der Waals surface area contributed by atoms with Gasteiger partial charge in [0.05, 0.1) is 6.10 Å². The van der Waals surface area contributed by atoms with E-state index in [0.29, 0.717) is 12.1 Å². The van der Waals surface area contributed by atoms with Gasteiger partial charge < -0.3 is 10.1 Å². The molecule has 2 heteroatoms. The van der Waals surface area contributed by atoms with Gasteiger partial charge in [-0.2, -0.15) is 0 Å². The highest BCUT2D eigenvalue weighted by Gasteiger charge is 2.25. The molecule has 0 aromatic heterocycles. The second-order valence-electron chi connectivity index (χ2n) is 5.53. The van der Waals surface area contributed by atoms with Gasteiger partial charge in [0.15, 0.2) is 0 Å². The molecule has 0 saturated carbocycles. The van der Waals surface area contributed by atoms with Gasteiger partial charge in [-0.05, 0) is 63.8 Å². The van der Waals surface area contributed by atoms with E-state index in [0.717, 1.165) is 13.0 Å². The lowest BCUT2D eigenvalue weighted by molar-refractivity contribution is 0.0807. The molecule has 0 spiro atoms. The Balaban J connectivity index is 2.16. The van der Waals surface area contributed by atoms with Crippen LogP contribution in [0.25, 0.3) is 0 Å². The Bertz CT molecular complexity index is 385. The first-order valence-electron chi connectivity index (χ1n) is 6.97. The van der Waals surface area contributed by atoms with Crippen LogP contribution >= 0.6 is 0 Å². The molecular formula is C16H25NO. The van der Waals surface area contributed by atoms with E-state index >= 15 is 0 Å². The highest BCUT2D eigenvalue weighted by atomic mass is 16.5. The minimum absolute atomic E-state index is 0.384.